The minimum absolute atomic E-state index is 0.214. The van der Waals surface area contributed by atoms with Gasteiger partial charge in [0.25, 0.3) is 5.91 Å². The number of amides is 1. The third-order valence-corrected chi connectivity index (χ3v) is 2.89. The highest BCUT2D eigenvalue weighted by Crippen LogP contribution is 2.20. The molecule has 0 unspecified atom stereocenters. The van der Waals surface area contributed by atoms with Gasteiger partial charge in [-0.2, -0.15) is 0 Å². The van der Waals surface area contributed by atoms with Gasteiger partial charge in [-0.15, -0.1) is 0 Å². The van der Waals surface area contributed by atoms with Gasteiger partial charge in [-0.3, -0.25) is 4.79 Å². The van der Waals surface area contributed by atoms with Crippen molar-refractivity contribution in [2.45, 2.75) is 26.4 Å². The van der Waals surface area contributed by atoms with Crippen LogP contribution in [0.1, 0.15) is 31.1 Å². The van der Waals surface area contributed by atoms with Crippen LogP contribution in [0.4, 0.5) is 5.82 Å². The molecule has 0 saturated carbocycles. The third-order valence-electron chi connectivity index (χ3n) is 2.59. The number of halogens is 1. The summed E-state index contributed by atoms with van der Waals surface area (Å²) in [7, 11) is 1.72. The number of anilines is 1. The zero-order chi connectivity index (χ0) is 14.6. The number of nitrogens with zero attached hydrogens (tertiary/aromatic N) is 2. The Hall–Kier alpha value is -1.33. The lowest BCUT2D eigenvalue weighted by Crippen LogP contribution is -2.42. The van der Waals surface area contributed by atoms with E-state index in [1.165, 1.54) is 6.20 Å². The number of hydrogen-bond donors (Lipinski definition) is 2. The highest BCUT2D eigenvalue weighted by atomic mass is 35.5. The van der Waals surface area contributed by atoms with E-state index in [-0.39, 0.29) is 12.5 Å². The van der Waals surface area contributed by atoms with Crippen molar-refractivity contribution in [3.63, 3.8) is 0 Å². The van der Waals surface area contributed by atoms with Gasteiger partial charge < -0.3 is 15.3 Å². The largest absolute Gasteiger partial charge is 0.389 e. The quantitative estimate of drug-likeness (QED) is 0.868. The van der Waals surface area contributed by atoms with Crippen LogP contribution < -0.4 is 5.32 Å². The van der Waals surface area contributed by atoms with Crippen molar-refractivity contribution in [2.24, 2.45) is 0 Å². The van der Waals surface area contributed by atoms with Gasteiger partial charge in [0.05, 0.1) is 16.2 Å². The third kappa shape index (κ3) is 4.36. The molecule has 6 heteroatoms. The van der Waals surface area contributed by atoms with Crippen LogP contribution in [0.25, 0.3) is 0 Å². The average Bonchev–Trinajstić information content (AvgIpc) is 2.34. The first-order valence-electron chi connectivity index (χ1n) is 6.13. The van der Waals surface area contributed by atoms with Gasteiger partial charge in [-0.05, 0) is 26.8 Å². The number of hydrogen-bond acceptors (Lipinski definition) is 4. The Morgan fingerprint density at radius 2 is 2.21 bits per heavy atom. The first-order chi connectivity index (χ1) is 8.78. The van der Waals surface area contributed by atoms with E-state index in [2.05, 4.69) is 10.3 Å². The molecular weight excluding hydrogens is 266 g/mol. The lowest BCUT2D eigenvalue weighted by atomic mass is 10.1. The molecule has 5 nitrogen and oxygen atoms in total. The van der Waals surface area contributed by atoms with Crippen LogP contribution in [0.2, 0.25) is 5.02 Å². The molecule has 1 rings (SSSR count). The van der Waals surface area contributed by atoms with E-state index < -0.39 is 5.60 Å². The lowest BCUT2D eigenvalue weighted by Gasteiger charge is -2.28. The molecule has 0 aliphatic rings. The number of aliphatic hydroxyl groups is 1. The monoisotopic (exact) mass is 285 g/mol. The number of aromatic nitrogens is 1. The van der Waals surface area contributed by atoms with E-state index in [9.17, 15) is 9.90 Å². The van der Waals surface area contributed by atoms with E-state index in [0.717, 1.165) is 0 Å². The zero-order valence-electron chi connectivity index (χ0n) is 11.7. The van der Waals surface area contributed by atoms with E-state index >= 15 is 0 Å². The Labute approximate surface area is 118 Å². The van der Waals surface area contributed by atoms with Gasteiger partial charge in [-0.1, -0.05) is 11.6 Å². The normalized spacial score (nSPS) is 11.3. The highest BCUT2D eigenvalue weighted by molar-refractivity contribution is 6.33. The van der Waals surface area contributed by atoms with Gasteiger partial charge in [0, 0.05) is 26.3 Å². The maximum absolute atomic E-state index is 12.4. The summed E-state index contributed by atoms with van der Waals surface area (Å²) in [6.45, 7) is 5.93. The Morgan fingerprint density at radius 3 is 2.68 bits per heavy atom. The number of carbonyl (C=O) groups excluding carboxylic acids is 1. The highest BCUT2D eigenvalue weighted by Gasteiger charge is 2.24. The summed E-state index contributed by atoms with van der Waals surface area (Å²) in [6.07, 6.45) is 1.44. The van der Waals surface area contributed by atoms with Gasteiger partial charge in [-0.25, -0.2) is 4.98 Å². The van der Waals surface area contributed by atoms with Gasteiger partial charge in [0.15, 0.2) is 0 Å². The molecule has 19 heavy (non-hydrogen) atoms. The number of pyridine rings is 1. The molecule has 1 aromatic rings. The SMILES string of the molecule is CCN(CC(C)(C)O)C(=O)c1cc(NC)ncc1Cl. The molecule has 1 heterocycles. The first kappa shape index (κ1) is 15.7. The number of likely N-dealkylation sites (N-methyl/N-ethyl adjacent to an activating group) is 1. The smallest absolute Gasteiger partial charge is 0.255 e. The molecule has 0 saturated heterocycles. The summed E-state index contributed by atoms with van der Waals surface area (Å²) < 4.78 is 0. The van der Waals surface area contributed by atoms with Crippen molar-refractivity contribution in [3.05, 3.63) is 22.8 Å². The summed E-state index contributed by atoms with van der Waals surface area (Å²) in [6, 6.07) is 1.61. The average molecular weight is 286 g/mol. The topological polar surface area (TPSA) is 65.5 Å². The predicted octanol–water partition coefficient (Wildman–Crippen LogP) is 2.01. The molecule has 0 bridgehead atoms. The molecule has 0 aliphatic heterocycles. The molecule has 0 spiro atoms. The van der Waals surface area contributed by atoms with E-state index in [1.807, 2.05) is 6.92 Å². The molecule has 0 atom stereocenters. The zero-order valence-corrected chi connectivity index (χ0v) is 12.5. The standard InChI is InChI=1S/C13H20ClN3O2/c1-5-17(8-13(2,3)19)12(18)9-6-11(15-4)16-7-10(9)14/h6-7,19H,5,8H2,1-4H3,(H,15,16). The summed E-state index contributed by atoms with van der Waals surface area (Å²) in [5, 5.41) is 13.0. The van der Waals surface area contributed by atoms with E-state index in [0.29, 0.717) is 22.9 Å². The van der Waals surface area contributed by atoms with E-state index in [1.54, 1.807) is 31.9 Å². The molecule has 0 fully saturated rings. The van der Waals surface area contributed by atoms with Gasteiger partial charge in [0.1, 0.15) is 5.82 Å². The Balaban J connectivity index is 3.03. The van der Waals surface area contributed by atoms with Crippen LogP contribution >= 0.6 is 11.6 Å². The second-order valence-corrected chi connectivity index (χ2v) is 5.34. The van der Waals surface area contributed by atoms with Crippen LogP contribution in [0.15, 0.2) is 12.3 Å². The summed E-state index contributed by atoms with van der Waals surface area (Å²) in [5.41, 5.74) is -0.566. The van der Waals surface area contributed by atoms with Crippen LogP contribution in [-0.2, 0) is 0 Å². The van der Waals surface area contributed by atoms with Crippen molar-refractivity contribution < 1.29 is 9.90 Å². The molecule has 106 valence electrons. The Kier molecular flexibility index (Phi) is 5.14. The van der Waals surface area contributed by atoms with E-state index in [4.69, 9.17) is 11.6 Å². The minimum Gasteiger partial charge on any atom is -0.389 e. The molecule has 1 amide bonds. The van der Waals surface area contributed by atoms with Crippen molar-refractivity contribution in [3.8, 4) is 0 Å². The van der Waals surface area contributed by atoms with Crippen molar-refractivity contribution in [2.75, 3.05) is 25.5 Å². The predicted molar refractivity (Wildman–Crippen MR) is 76.7 cm³/mol. The molecule has 0 aliphatic carbocycles. The number of rotatable bonds is 5. The molecular formula is C13H20ClN3O2. The second-order valence-electron chi connectivity index (χ2n) is 4.93. The second kappa shape index (κ2) is 6.21. The minimum atomic E-state index is -0.947. The molecule has 0 radical (unpaired) electrons. The fourth-order valence-corrected chi connectivity index (χ4v) is 1.89. The summed E-state index contributed by atoms with van der Waals surface area (Å²) >= 11 is 6.02. The van der Waals surface area contributed by atoms with Crippen molar-refractivity contribution in [1.82, 2.24) is 9.88 Å². The van der Waals surface area contributed by atoms with Gasteiger partial charge in [0.2, 0.25) is 0 Å². The van der Waals surface area contributed by atoms with Crippen LogP contribution in [0, 0.1) is 0 Å². The Bertz CT molecular complexity index is 458. The maximum atomic E-state index is 12.4. The van der Waals surface area contributed by atoms with Crippen LogP contribution in [0.3, 0.4) is 0 Å². The van der Waals surface area contributed by atoms with Crippen LogP contribution in [-0.4, -0.2) is 46.6 Å². The lowest BCUT2D eigenvalue weighted by molar-refractivity contribution is 0.0315. The summed E-state index contributed by atoms with van der Waals surface area (Å²) in [4.78, 5) is 18.0. The first-order valence-corrected chi connectivity index (χ1v) is 6.51. The van der Waals surface area contributed by atoms with Crippen LogP contribution in [0.5, 0.6) is 0 Å². The van der Waals surface area contributed by atoms with Gasteiger partial charge >= 0.3 is 0 Å². The fourth-order valence-electron chi connectivity index (χ4n) is 1.70. The molecule has 0 aromatic carbocycles. The maximum Gasteiger partial charge on any atom is 0.255 e. The molecule has 1 aromatic heterocycles. The number of nitrogens with one attached hydrogen (secondary N) is 1. The fraction of sp³-hybridized carbons (Fsp3) is 0.538. The molecule has 2 N–H and O–H groups in total. The Morgan fingerprint density at radius 1 is 1.58 bits per heavy atom. The summed E-state index contributed by atoms with van der Waals surface area (Å²) in [5.74, 6) is 0.362. The van der Waals surface area contributed by atoms with Crippen molar-refractivity contribution >= 4 is 23.3 Å². The number of carbonyl (C=O) groups is 1. The van der Waals surface area contributed by atoms with Crippen molar-refractivity contribution in [1.29, 1.82) is 0 Å².